The number of fused-ring (bicyclic) bond motifs is 2. The zero-order chi connectivity index (χ0) is 38.6. The van der Waals surface area contributed by atoms with Crippen LogP contribution in [0.5, 0.6) is 11.5 Å². The molecule has 7 nitrogen and oxygen atoms in total. The second-order valence-corrected chi connectivity index (χ2v) is 16.3. The minimum Gasteiger partial charge on any atom is -0.462 e. The molecular formula is C48H57NO6. The molecule has 0 saturated heterocycles. The lowest BCUT2D eigenvalue weighted by atomic mass is 9.84. The summed E-state index contributed by atoms with van der Waals surface area (Å²) >= 11 is 0. The van der Waals surface area contributed by atoms with Crippen molar-refractivity contribution in [2.45, 2.75) is 128 Å². The van der Waals surface area contributed by atoms with E-state index in [1.165, 1.54) is 32.1 Å². The van der Waals surface area contributed by atoms with Gasteiger partial charge in [0.1, 0.15) is 24.2 Å². The van der Waals surface area contributed by atoms with E-state index in [0.717, 1.165) is 70.2 Å². The quantitative estimate of drug-likeness (QED) is 0.115. The van der Waals surface area contributed by atoms with Crippen molar-refractivity contribution in [3.8, 4) is 11.5 Å². The number of rotatable bonds is 16. The van der Waals surface area contributed by atoms with Gasteiger partial charge in [-0.05, 0) is 71.9 Å². The summed E-state index contributed by atoms with van der Waals surface area (Å²) in [6.07, 6.45) is 10.8. The molecule has 1 atom stereocenters. The van der Waals surface area contributed by atoms with Crippen molar-refractivity contribution in [2.75, 3.05) is 5.32 Å². The highest BCUT2D eigenvalue weighted by molar-refractivity contribution is 5.93. The average molecular weight is 744 g/mol. The number of carbonyl (C=O) groups excluding carboxylic acids is 3. The minimum absolute atomic E-state index is 0.00865. The van der Waals surface area contributed by atoms with Gasteiger partial charge in [-0.2, -0.15) is 0 Å². The topological polar surface area (TPSA) is 90.9 Å². The van der Waals surface area contributed by atoms with Gasteiger partial charge >= 0.3 is 11.9 Å². The number of aryl methyl sites for hydroxylation is 1. The van der Waals surface area contributed by atoms with E-state index in [0.29, 0.717) is 12.8 Å². The Bertz CT molecular complexity index is 1840. The van der Waals surface area contributed by atoms with E-state index >= 15 is 0 Å². The van der Waals surface area contributed by atoms with Gasteiger partial charge in [0.15, 0.2) is 0 Å². The van der Waals surface area contributed by atoms with Gasteiger partial charge in [-0.1, -0.05) is 138 Å². The zero-order valence-corrected chi connectivity index (χ0v) is 32.8. The van der Waals surface area contributed by atoms with Crippen molar-refractivity contribution in [1.82, 2.24) is 0 Å². The summed E-state index contributed by atoms with van der Waals surface area (Å²) < 4.78 is 17.6. The van der Waals surface area contributed by atoms with Gasteiger partial charge in [0, 0.05) is 29.2 Å². The third-order valence-electron chi connectivity index (χ3n) is 11.1. The molecule has 6 rings (SSSR count). The summed E-state index contributed by atoms with van der Waals surface area (Å²) in [5.41, 5.74) is 5.67. The highest BCUT2D eigenvalue weighted by atomic mass is 16.5. The Morgan fingerprint density at radius 1 is 0.764 bits per heavy atom. The summed E-state index contributed by atoms with van der Waals surface area (Å²) in [6, 6.07) is 31.8. The molecule has 290 valence electrons. The molecule has 2 aliphatic rings. The molecule has 0 aromatic heterocycles. The van der Waals surface area contributed by atoms with Gasteiger partial charge in [-0.15, -0.1) is 0 Å². The fourth-order valence-corrected chi connectivity index (χ4v) is 8.08. The van der Waals surface area contributed by atoms with Crippen molar-refractivity contribution in [2.24, 2.45) is 5.92 Å². The van der Waals surface area contributed by atoms with Gasteiger partial charge in [-0.25, -0.2) is 0 Å². The number of hydrogen-bond donors (Lipinski definition) is 1. The average Bonchev–Trinajstić information content (AvgIpc) is 3.18. The first-order valence-corrected chi connectivity index (χ1v) is 20.3. The summed E-state index contributed by atoms with van der Waals surface area (Å²) in [5, 5.41) is 3.30. The van der Waals surface area contributed by atoms with Crippen LogP contribution < -0.4 is 10.1 Å². The molecule has 1 aliphatic carbocycles. The number of hydrogen-bond acceptors (Lipinski definition) is 6. The zero-order valence-electron chi connectivity index (χ0n) is 32.8. The molecule has 0 bridgehead atoms. The minimum atomic E-state index is -0.409. The second-order valence-electron chi connectivity index (χ2n) is 16.3. The van der Waals surface area contributed by atoms with Crippen molar-refractivity contribution < 1.29 is 28.6 Å². The Kier molecular flexibility index (Phi) is 13.8. The summed E-state index contributed by atoms with van der Waals surface area (Å²) in [7, 11) is 0. The molecule has 4 aromatic rings. The molecule has 4 aromatic carbocycles. The number of amides is 1. The fraction of sp³-hybridized carbons (Fsp3) is 0.438. The Balaban J connectivity index is 1.10. The van der Waals surface area contributed by atoms with E-state index in [9.17, 15) is 14.4 Å². The molecule has 1 amide bonds. The number of carbonyl (C=O) groups is 3. The number of para-hydroxylation sites is 2. The van der Waals surface area contributed by atoms with E-state index in [-0.39, 0.29) is 55.2 Å². The summed E-state index contributed by atoms with van der Waals surface area (Å²) in [6.45, 7) is 6.65. The number of nitrogens with one attached hydrogen (secondary N) is 1. The fourth-order valence-electron chi connectivity index (χ4n) is 8.08. The van der Waals surface area contributed by atoms with Crippen molar-refractivity contribution in [1.29, 1.82) is 0 Å². The molecule has 0 unspecified atom stereocenters. The van der Waals surface area contributed by atoms with E-state index < -0.39 is 5.97 Å². The molecule has 55 heavy (non-hydrogen) atoms. The Hall–Kier alpha value is -4.91. The lowest BCUT2D eigenvalue weighted by Crippen LogP contribution is -2.22. The van der Waals surface area contributed by atoms with Crippen LogP contribution in [-0.2, 0) is 42.3 Å². The van der Waals surface area contributed by atoms with Crippen LogP contribution in [0.4, 0.5) is 5.69 Å². The van der Waals surface area contributed by atoms with Gasteiger partial charge in [0.2, 0.25) is 5.91 Å². The monoisotopic (exact) mass is 743 g/mol. The number of benzene rings is 4. The predicted molar refractivity (Wildman–Crippen MR) is 217 cm³/mol. The molecule has 1 saturated carbocycles. The van der Waals surface area contributed by atoms with Crippen LogP contribution in [-0.4, -0.2) is 23.9 Å². The lowest BCUT2D eigenvalue weighted by molar-refractivity contribution is -0.154. The molecule has 0 radical (unpaired) electrons. The Morgan fingerprint density at radius 2 is 1.42 bits per heavy atom. The standard InChI is InChI=1S/C48H57NO6/c1-48(2,3)41-28-26-35(31-42(41)49-45(50)32-40-38-21-10-12-23-43(38)55-44-24-13-11-22-39(40)44)25-27-37(20-14-19-34-15-6-4-7-16-34)54-47(52)30-29-46(51)53-33-36-17-8-5-9-18-36/h5,8-13,17-18,21-24,26,28,31,34,37,40H,4,6-7,14-16,19-20,25,27,29-30,32-33H2,1-3H3,(H,49,50)/t37-/m1/s1. The normalized spacial score (nSPS) is 14.9. The maximum atomic E-state index is 13.9. The summed E-state index contributed by atoms with van der Waals surface area (Å²) in [5.74, 6) is 1.36. The molecule has 1 fully saturated rings. The Morgan fingerprint density at radius 3 is 2.11 bits per heavy atom. The first kappa shape index (κ1) is 39.8. The molecule has 7 heteroatoms. The van der Waals surface area contributed by atoms with Crippen LogP contribution >= 0.6 is 0 Å². The van der Waals surface area contributed by atoms with Crippen molar-refractivity contribution in [3.05, 3.63) is 125 Å². The Labute approximate surface area is 327 Å². The lowest BCUT2D eigenvalue weighted by Gasteiger charge is -2.28. The third-order valence-corrected chi connectivity index (χ3v) is 11.1. The highest BCUT2D eigenvalue weighted by Gasteiger charge is 2.29. The predicted octanol–water partition coefficient (Wildman–Crippen LogP) is 11.4. The number of ether oxygens (including phenoxy) is 3. The second kappa shape index (κ2) is 19.1. The first-order chi connectivity index (χ1) is 26.6. The van der Waals surface area contributed by atoms with Crippen LogP contribution in [0.15, 0.2) is 97.1 Å². The largest absolute Gasteiger partial charge is 0.462 e. The highest BCUT2D eigenvalue weighted by Crippen LogP contribution is 2.45. The van der Waals surface area contributed by atoms with Crippen LogP contribution in [0.3, 0.4) is 0 Å². The SMILES string of the molecule is CC(C)(C)c1ccc(CC[C@@H](CCCC2CCCCC2)OC(=O)CCC(=O)OCc2ccccc2)cc1NC(=O)CC1c2ccccc2Oc2ccccc21. The van der Waals surface area contributed by atoms with Crippen LogP contribution in [0.2, 0.25) is 0 Å². The van der Waals surface area contributed by atoms with Crippen molar-refractivity contribution in [3.63, 3.8) is 0 Å². The maximum Gasteiger partial charge on any atom is 0.306 e. The van der Waals surface area contributed by atoms with E-state index in [2.05, 4.69) is 44.3 Å². The van der Waals surface area contributed by atoms with Gasteiger partial charge in [0.25, 0.3) is 0 Å². The molecule has 1 heterocycles. The van der Waals surface area contributed by atoms with E-state index in [1.54, 1.807) is 0 Å². The molecule has 0 spiro atoms. The smallest absolute Gasteiger partial charge is 0.306 e. The van der Waals surface area contributed by atoms with Gasteiger partial charge < -0.3 is 19.5 Å². The maximum absolute atomic E-state index is 13.9. The van der Waals surface area contributed by atoms with Crippen molar-refractivity contribution >= 4 is 23.5 Å². The van der Waals surface area contributed by atoms with Crippen LogP contribution in [0.25, 0.3) is 0 Å². The third kappa shape index (κ3) is 11.5. The molecule has 1 N–H and O–H groups in total. The van der Waals surface area contributed by atoms with Gasteiger partial charge in [0.05, 0.1) is 12.8 Å². The summed E-state index contributed by atoms with van der Waals surface area (Å²) in [4.78, 5) is 39.4. The van der Waals surface area contributed by atoms with E-state index in [4.69, 9.17) is 14.2 Å². The molecular weight excluding hydrogens is 687 g/mol. The van der Waals surface area contributed by atoms with Gasteiger partial charge in [-0.3, -0.25) is 14.4 Å². The van der Waals surface area contributed by atoms with E-state index in [1.807, 2.05) is 78.9 Å². The number of anilines is 1. The molecule has 1 aliphatic heterocycles. The first-order valence-electron chi connectivity index (χ1n) is 20.3. The number of esters is 2. The van der Waals surface area contributed by atoms with Crippen LogP contribution in [0.1, 0.15) is 132 Å². The van der Waals surface area contributed by atoms with Crippen LogP contribution in [0, 0.1) is 5.92 Å².